The van der Waals surface area contributed by atoms with Crippen molar-refractivity contribution in [3.05, 3.63) is 29.6 Å². The SMILES string of the molecule is CC(C)C(=O)Nc1ccc(-c2csc(NC3CC3)n2)cc1. The van der Waals surface area contributed by atoms with E-state index in [1.54, 1.807) is 11.3 Å². The van der Waals surface area contributed by atoms with Crippen molar-refractivity contribution in [2.24, 2.45) is 5.92 Å². The summed E-state index contributed by atoms with van der Waals surface area (Å²) in [4.78, 5) is 16.2. The molecule has 0 spiro atoms. The Balaban J connectivity index is 1.68. The Bertz CT molecular complexity index is 629. The van der Waals surface area contributed by atoms with Gasteiger partial charge in [0.05, 0.1) is 5.69 Å². The minimum absolute atomic E-state index is 0.0146. The van der Waals surface area contributed by atoms with Crippen molar-refractivity contribution in [1.82, 2.24) is 4.98 Å². The summed E-state index contributed by atoms with van der Waals surface area (Å²) in [5.41, 5.74) is 2.87. The van der Waals surface area contributed by atoms with Crippen LogP contribution >= 0.6 is 11.3 Å². The van der Waals surface area contributed by atoms with Gasteiger partial charge in [0.25, 0.3) is 0 Å². The number of thiazole rings is 1. The molecule has 5 heteroatoms. The first kappa shape index (κ1) is 14.1. The average molecular weight is 301 g/mol. The van der Waals surface area contributed by atoms with E-state index in [0.29, 0.717) is 6.04 Å². The number of hydrogen-bond donors (Lipinski definition) is 2. The van der Waals surface area contributed by atoms with Gasteiger partial charge in [0, 0.05) is 28.6 Å². The third-order valence-electron chi connectivity index (χ3n) is 3.38. The van der Waals surface area contributed by atoms with Gasteiger partial charge in [0.2, 0.25) is 5.91 Å². The zero-order valence-corrected chi connectivity index (χ0v) is 13.0. The summed E-state index contributed by atoms with van der Waals surface area (Å²) in [6.45, 7) is 3.76. The summed E-state index contributed by atoms with van der Waals surface area (Å²) >= 11 is 1.64. The van der Waals surface area contributed by atoms with Crippen LogP contribution in [0.1, 0.15) is 26.7 Å². The Morgan fingerprint density at radius 1 is 1.29 bits per heavy atom. The number of hydrogen-bond acceptors (Lipinski definition) is 4. The molecular formula is C16H19N3OS. The minimum Gasteiger partial charge on any atom is -0.359 e. The summed E-state index contributed by atoms with van der Waals surface area (Å²) in [5.74, 6) is 0.0200. The lowest BCUT2D eigenvalue weighted by atomic mass is 10.1. The van der Waals surface area contributed by atoms with Gasteiger partial charge in [-0.1, -0.05) is 26.0 Å². The van der Waals surface area contributed by atoms with Crippen molar-refractivity contribution in [3.63, 3.8) is 0 Å². The first-order valence-electron chi connectivity index (χ1n) is 7.25. The largest absolute Gasteiger partial charge is 0.359 e. The Morgan fingerprint density at radius 3 is 2.62 bits per heavy atom. The van der Waals surface area contributed by atoms with Crippen molar-refractivity contribution in [2.75, 3.05) is 10.6 Å². The van der Waals surface area contributed by atoms with Crippen LogP contribution in [0.4, 0.5) is 10.8 Å². The molecule has 0 saturated heterocycles. The molecule has 2 N–H and O–H groups in total. The molecule has 1 aromatic carbocycles. The van der Waals surface area contributed by atoms with E-state index < -0.39 is 0 Å². The predicted molar refractivity (Wildman–Crippen MR) is 87.7 cm³/mol. The molecule has 1 aliphatic rings. The van der Waals surface area contributed by atoms with Gasteiger partial charge in [-0.15, -0.1) is 11.3 Å². The standard InChI is InChI=1S/C16H19N3OS/c1-10(2)15(20)17-12-5-3-11(4-6-12)14-9-21-16(19-14)18-13-7-8-13/h3-6,9-10,13H,7-8H2,1-2H3,(H,17,20)(H,18,19). The fraction of sp³-hybridized carbons (Fsp3) is 0.375. The average Bonchev–Trinajstić information content (AvgIpc) is 3.15. The second-order valence-corrected chi connectivity index (χ2v) is 6.54. The lowest BCUT2D eigenvalue weighted by Gasteiger charge is -2.07. The number of rotatable bonds is 5. The Morgan fingerprint density at radius 2 is 2.00 bits per heavy atom. The maximum Gasteiger partial charge on any atom is 0.226 e. The molecule has 1 aliphatic carbocycles. The van der Waals surface area contributed by atoms with Gasteiger partial charge in [-0.25, -0.2) is 4.98 Å². The van der Waals surface area contributed by atoms with Crippen LogP contribution in [0.3, 0.4) is 0 Å². The second kappa shape index (κ2) is 5.85. The summed E-state index contributed by atoms with van der Waals surface area (Å²) in [6, 6.07) is 8.45. The number of carbonyl (C=O) groups excluding carboxylic acids is 1. The van der Waals surface area contributed by atoms with Crippen molar-refractivity contribution in [1.29, 1.82) is 0 Å². The summed E-state index contributed by atoms with van der Waals surface area (Å²) in [5, 5.41) is 9.35. The normalized spacial score (nSPS) is 14.2. The molecule has 0 atom stereocenters. The smallest absolute Gasteiger partial charge is 0.226 e. The lowest BCUT2D eigenvalue weighted by Crippen LogP contribution is -2.17. The number of carbonyl (C=O) groups is 1. The molecule has 0 unspecified atom stereocenters. The first-order valence-corrected chi connectivity index (χ1v) is 8.13. The highest BCUT2D eigenvalue weighted by Crippen LogP contribution is 2.30. The van der Waals surface area contributed by atoms with E-state index >= 15 is 0 Å². The highest BCUT2D eigenvalue weighted by atomic mass is 32.1. The summed E-state index contributed by atoms with van der Waals surface area (Å²) < 4.78 is 0. The number of nitrogens with one attached hydrogen (secondary N) is 2. The van der Waals surface area contributed by atoms with Crippen LogP contribution in [0.25, 0.3) is 11.3 Å². The molecule has 3 rings (SSSR count). The Labute approximate surface area is 128 Å². The molecule has 2 aromatic rings. The van der Waals surface area contributed by atoms with E-state index in [1.165, 1.54) is 12.8 Å². The van der Waals surface area contributed by atoms with Crippen LogP contribution in [-0.4, -0.2) is 16.9 Å². The first-order chi connectivity index (χ1) is 10.1. The molecular weight excluding hydrogens is 282 g/mol. The molecule has 1 amide bonds. The number of benzene rings is 1. The van der Waals surface area contributed by atoms with Crippen molar-refractivity contribution < 1.29 is 4.79 Å². The van der Waals surface area contributed by atoms with Gasteiger partial charge in [-0.05, 0) is 25.0 Å². The number of anilines is 2. The van der Waals surface area contributed by atoms with E-state index in [1.807, 2.05) is 38.1 Å². The van der Waals surface area contributed by atoms with E-state index in [9.17, 15) is 4.79 Å². The van der Waals surface area contributed by atoms with Gasteiger partial charge < -0.3 is 10.6 Å². The molecule has 1 saturated carbocycles. The zero-order chi connectivity index (χ0) is 14.8. The molecule has 110 valence electrons. The number of nitrogens with zero attached hydrogens (tertiary/aromatic N) is 1. The second-order valence-electron chi connectivity index (χ2n) is 5.68. The fourth-order valence-electron chi connectivity index (χ4n) is 1.89. The number of aromatic nitrogens is 1. The highest BCUT2D eigenvalue weighted by molar-refractivity contribution is 7.14. The van der Waals surface area contributed by atoms with Crippen LogP contribution in [0, 0.1) is 5.92 Å². The van der Waals surface area contributed by atoms with Gasteiger partial charge in [-0.2, -0.15) is 0 Å². The van der Waals surface area contributed by atoms with Crippen molar-refractivity contribution in [3.8, 4) is 11.3 Å². The van der Waals surface area contributed by atoms with Gasteiger partial charge >= 0.3 is 0 Å². The molecule has 21 heavy (non-hydrogen) atoms. The van der Waals surface area contributed by atoms with Crippen LogP contribution in [0.15, 0.2) is 29.6 Å². The summed E-state index contributed by atoms with van der Waals surface area (Å²) in [7, 11) is 0. The van der Waals surface area contributed by atoms with Crippen LogP contribution in [-0.2, 0) is 4.79 Å². The van der Waals surface area contributed by atoms with E-state index in [4.69, 9.17) is 0 Å². The molecule has 1 aromatic heterocycles. The topological polar surface area (TPSA) is 54.0 Å². The molecule has 0 bridgehead atoms. The molecule has 1 heterocycles. The van der Waals surface area contributed by atoms with Crippen molar-refractivity contribution in [2.45, 2.75) is 32.7 Å². The van der Waals surface area contributed by atoms with E-state index in [0.717, 1.165) is 22.1 Å². The monoisotopic (exact) mass is 301 g/mol. The third kappa shape index (κ3) is 3.61. The maximum absolute atomic E-state index is 11.6. The van der Waals surface area contributed by atoms with E-state index in [2.05, 4.69) is 21.0 Å². The molecule has 0 aliphatic heterocycles. The highest BCUT2D eigenvalue weighted by Gasteiger charge is 2.22. The predicted octanol–water partition coefficient (Wildman–Crippen LogP) is 3.98. The van der Waals surface area contributed by atoms with Crippen LogP contribution < -0.4 is 10.6 Å². The maximum atomic E-state index is 11.6. The van der Waals surface area contributed by atoms with Crippen LogP contribution in [0.5, 0.6) is 0 Å². The molecule has 1 fully saturated rings. The molecule has 0 radical (unpaired) electrons. The van der Waals surface area contributed by atoms with Crippen molar-refractivity contribution >= 4 is 28.1 Å². The van der Waals surface area contributed by atoms with Gasteiger partial charge in [0.1, 0.15) is 0 Å². The minimum atomic E-state index is -0.0146. The summed E-state index contributed by atoms with van der Waals surface area (Å²) in [6.07, 6.45) is 2.50. The third-order valence-corrected chi connectivity index (χ3v) is 4.16. The Hall–Kier alpha value is -1.88. The quantitative estimate of drug-likeness (QED) is 0.878. The van der Waals surface area contributed by atoms with Crippen LogP contribution in [0.2, 0.25) is 0 Å². The molecule has 4 nitrogen and oxygen atoms in total. The number of amides is 1. The lowest BCUT2D eigenvalue weighted by molar-refractivity contribution is -0.118. The fourth-order valence-corrected chi connectivity index (χ4v) is 2.68. The van der Waals surface area contributed by atoms with Gasteiger partial charge in [-0.3, -0.25) is 4.79 Å². The van der Waals surface area contributed by atoms with Gasteiger partial charge in [0.15, 0.2) is 5.13 Å². The Kier molecular flexibility index (Phi) is 3.92. The zero-order valence-electron chi connectivity index (χ0n) is 12.2. The van der Waals surface area contributed by atoms with E-state index in [-0.39, 0.29) is 11.8 Å².